The number of unbranched alkanes of at least 4 members (excludes halogenated alkanes) is 30. The number of carbonyl (C=O) groups excluding carboxylic acids is 2. The molecule has 1 unspecified atom stereocenters. The summed E-state index contributed by atoms with van der Waals surface area (Å²) in [7, 11) is 0. The number of ether oxygens (including phenoxy) is 2. The van der Waals surface area contributed by atoms with Crippen molar-refractivity contribution < 1.29 is 24.2 Å². The number of hydrogen-bond acceptors (Lipinski definition) is 5. The van der Waals surface area contributed by atoms with E-state index in [-0.39, 0.29) is 25.2 Å². The average molecular weight is 773 g/mol. The van der Waals surface area contributed by atoms with Gasteiger partial charge in [-0.05, 0) is 70.6 Å². The third kappa shape index (κ3) is 44.7. The lowest BCUT2D eigenvalue weighted by molar-refractivity contribution is -0.161. The van der Waals surface area contributed by atoms with Crippen molar-refractivity contribution in [1.29, 1.82) is 0 Å². The van der Waals surface area contributed by atoms with E-state index in [9.17, 15) is 14.7 Å². The molecule has 0 rings (SSSR count). The van der Waals surface area contributed by atoms with E-state index < -0.39 is 6.10 Å². The molecule has 1 N–H and O–H groups in total. The van der Waals surface area contributed by atoms with Crippen molar-refractivity contribution in [3.05, 3.63) is 36.5 Å². The molecule has 0 saturated heterocycles. The van der Waals surface area contributed by atoms with E-state index in [1.165, 1.54) is 173 Å². The van der Waals surface area contributed by atoms with E-state index in [0.29, 0.717) is 12.8 Å². The van der Waals surface area contributed by atoms with Gasteiger partial charge in [0.15, 0.2) is 6.10 Å². The fourth-order valence-corrected chi connectivity index (χ4v) is 6.99. The number of aliphatic hydroxyl groups excluding tert-OH is 1. The third-order valence-electron chi connectivity index (χ3n) is 10.7. The molecule has 55 heavy (non-hydrogen) atoms. The molecule has 0 spiro atoms. The highest BCUT2D eigenvalue weighted by molar-refractivity contribution is 5.70. The quantitative estimate of drug-likeness (QED) is 0.0379. The van der Waals surface area contributed by atoms with Gasteiger partial charge in [0.05, 0.1) is 6.61 Å². The molecule has 0 bridgehead atoms. The van der Waals surface area contributed by atoms with Gasteiger partial charge < -0.3 is 14.6 Å². The zero-order chi connectivity index (χ0) is 40.0. The standard InChI is InChI=1S/C50H92O5/c1-3-5-7-9-11-13-15-17-18-19-20-21-22-23-24-25-26-27-28-29-30-31-32-33-35-37-39-41-43-45-50(53)55-48(46-51)47-54-49(52)44-42-40-38-36-34-16-14-12-10-8-6-4-2/h12,14-15,17,19-20,48,51H,3-11,13,16,18,21-47H2,1-2H3/b14-12-,17-15-,20-19-. The van der Waals surface area contributed by atoms with Crippen molar-refractivity contribution in [2.24, 2.45) is 0 Å². The molecule has 1 atom stereocenters. The van der Waals surface area contributed by atoms with Crippen LogP contribution >= 0.6 is 0 Å². The van der Waals surface area contributed by atoms with Crippen molar-refractivity contribution in [3.8, 4) is 0 Å². The maximum Gasteiger partial charge on any atom is 0.306 e. The summed E-state index contributed by atoms with van der Waals surface area (Å²) in [4.78, 5) is 24.3. The summed E-state index contributed by atoms with van der Waals surface area (Å²) in [6.07, 6.45) is 58.1. The highest BCUT2D eigenvalue weighted by Gasteiger charge is 2.16. The van der Waals surface area contributed by atoms with Crippen molar-refractivity contribution >= 4 is 11.9 Å². The third-order valence-corrected chi connectivity index (χ3v) is 10.7. The summed E-state index contributed by atoms with van der Waals surface area (Å²) in [6.45, 7) is 4.11. The van der Waals surface area contributed by atoms with Crippen LogP contribution in [0.1, 0.15) is 251 Å². The van der Waals surface area contributed by atoms with Gasteiger partial charge in [-0.2, -0.15) is 0 Å². The molecule has 0 heterocycles. The summed E-state index contributed by atoms with van der Waals surface area (Å²) in [6, 6.07) is 0. The molecule has 0 radical (unpaired) electrons. The maximum atomic E-state index is 12.2. The van der Waals surface area contributed by atoms with Crippen LogP contribution in [0.5, 0.6) is 0 Å². The Morgan fingerprint density at radius 2 is 0.727 bits per heavy atom. The lowest BCUT2D eigenvalue weighted by Crippen LogP contribution is -2.28. The Balaban J connectivity index is 3.44. The molecular weight excluding hydrogens is 681 g/mol. The number of esters is 2. The molecule has 0 fully saturated rings. The minimum atomic E-state index is -0.772. The second kappa shape index (κ2) is 46.5. The van der Waals surface area contributed by atoms with Crippen LogP contribution in [0.4, 0.5) is 0 Å². The Bertz CT molecular complexity index is 877. The van der Waals surface area contributed by atoms with Gasteiger partial charge >= 0.3 is 11.9 Å². The largest absolute Gasteiger partial charge is 0.462 e. The number of hydrogen-bond donors (Lipinski definition) is 1. The number of allylic oxidation sites excluding steroid dienone is 6. The van der Waals surface area contributed by atoms with Gasteiger partial charge in [-0.25, -0.2) is 0 Å². The van der Waals surface area contributed by atoms with Crippen LogP contribution in [0.3, 0.4) is 0 Å². The Morgan fingerprint density at radius 1 is 0.418 bits per heavy atom. The second-order valence-corrected chi connectivity index (χ2v) is 16.2. The topological polar surface area (TPSA) is 72.8 Å². The van der Waals surface area contributed by atoms with Crippen LogP contribution in [0.25, 0.3) is 0 Å². The number of rotatable bonds is 44. The second-order valence-electron chi connectivity index (χ2n) is 16.2. The highest BCUT2D eigenvalue weighted by atomic mass is 16.6. The maximum absolute atomic E-state index is 12.2. The molecule has 0 amide bonds. The predicted molar refractivity (Wildman–Crippen MR) is 238 cm³/mol. The first-order valence-electron chi connectivity index (χ1n) is 24.0. The molecule has 5 nitrogen and oxygen atoms in total. The molecule has 5 heteroatoms. The van der Waals surface area contributed by atoms with Gasteiger partial charge in [-0.15, -0.1) is 0 Å². The van der Waals surface area contributed by atoms with Crippen molar-refractivity contribution in [2.75, 3.05) is 13.2 Å². The molecule has 0 aromatic heterocycles. The van der Waals surface area contributed by atoms with Gasteiger partial charge in [0.25, 0.3) is 0 Å². The van der Waals surface area contributed by atoms with Crippen LogP contribution in [-0.4, -0.2) is 36.4 Å². The zero-order valence-corrected chi connectivity index (χ0v) is 36.7. The summed E-state index contributed by atoms with van der Waals surface area (Å²) >= 11 is 0. The van der Waals surface area contributed by atoms with Crippen LogP contribution in [0, 0.1) is 0 Å². The monoisotopic (exact) mass is 773 g/mol. The van der Waals surface area contributed by atoms with Gasteiger partial charge in [0.2, 0.25) is 0 Å². The molecule has 0 aliphatic heterocycles. The number of aliphatic hydroxyl groups is 1. The Morgan fingerprint density at radius 3 is 1.13 bits per heavy atom. The van der Waals surface area contributed by atoms with Gasteiger partial charge in [-0.1, -0.05) is 204 Å². The molecule has 0 aromatic rings. The zero-order valence-electron chi connectivity index (χ0n) is 36.7. The van der Waals surface area contributed by atoms with E-state index in [2.05, 4.69) is 50.3 Å². The van der Waals surface area contributed by atoms with Crippen LogP contribution in [-0.2, 0) is 19.1 Å². The number of carbonyl (C=O) groups is 2. The smallest absolute Gasteiger partial charge is 0.306 e. The van der Waals surface area contributed by atoms with Crippen LogP contribution in [0.15, 0.2) is 36.5 Å². The van der Waals surface area contributed by atoms with Crippen LogP contribution < -0.4 is 0 Å². The fraction of sp³-hybridized carbons (Fsp3) is 0.840. The Kier molecular flexibility index (Phi) is 44.9. The van der Waals surface area contributed by atoms with Crippen molar-refractivity contribution in [1.82, 2.24) is 0 Å². The average Bonchev–Trinajstić information content (AvgIpc) is 3.19. The molecular formula is C50H92O5. The van der Waals surface area contributed by atoms with Crippen molar-refractivity contribution in [2.45, 2.75) is 258 Å². The van der Waals surface area contributed by atoms with E-state index in [1.54, 1.807) is 0 Å². The van der Waals surface area contributed by atoms with Gasteiger partial charge in [-0.3, -0.25) is 9.59 Å². The highest BCUT2D eigenvalue weighted by Crippen LogP contribution is 2.16. The first kappa shape index (κ1) is 53.1. The Labute approximate surface area is 342 Å². The summed E-state index contributed by atoms with van der Waals surface area (Å²) in [5, 5.41) is 9.58. The summed E-state index contributed by atoms with van der Waals surface area (Å²) < 4.78 is 10.6. The molecule has 0 aliphatic carbocycles. The SMILES string of the molecule is CCCCC/C=C\CCCCCCCC(=O)OCC(CO)OC(=O)CCCCCCCCCCCCCCCCCCC/C=C\C/C=C\CCCCCCC. The van der Waals surface area contributed by atoms with Gasteiger partial charge in [0, 0.05) is 12.8 Å². The lowest BCUT2D eigenvalue weighted by Gasteiger charge is -2.15. The van der Waals surface area contributed by atoms with E-state index >= 15 is 0 Å². The van der Waals surface area contributed by atoms with Crippen LogP contribution in [0.2, 0.25) is 0 Å². The van der Waals surface area contributed by atoms with E-state index in [1.807, 2.05) is 0 Å². The first-order chi connectivity index (χ1) is 27.1. The fourth-order valence-electron chi connectivity index (χ4n) is 6.99. The summed E-state index contributed by atoms with van der Waals surface area (Å²) in [5.74, 6) is -0.593. The van der Waals surface area contributed by atoms with E-state index in [0.717, 1.165) is 51.4 Å². The minimum Gasteiger partial charge on any atom is -0.462 e. The Hall–Kier alpha value is -1.88. The van der Waals surface area contributed by atoms with Gasteiger partial charge in [0.1, 0.15) is 6.61 Å². The molecule has 0 saturated carbocycles. The van der Waals surface area contributed by atoms with E-state index in [4.69, 9.17) is 9.47 Å². The molecule has 0 aromatic carbocycles. The lowest BCUT2D eigenvalue weighted by atomic mass is 10.0. The first-order valence-corrected chi connectivity index (χ1v) is 24.0. The summed E-state index contributed by atoms with van der Waals surface area (Å²) in [5.41, 5.74) is 0. The molecule has 0 aliphatic rings. The normalized spacial score (nSPS) is 12.4. The van der Waals surface area contributed by atoms with Crippen molar-refractivity contribution in [3.63, 3.8) is 0 Å². The minimum absolute atomic E-state index is 0.0672. The predicted octanol–water partition coefficient (Wildman–Crippen LogP) is 15.6. The molecule has 322 valence electrons.